The van der Waals surface area contributed by atoms with Crippen molar-refractivity contribution in [1.29, 1.82) is 0 Å². The Hall–Kier alpha value is -2.87. The molecule has 0 aliphatic heterocycles. The van der Waals surface area contributed by atoms with Crippen LogP contribution in [-0.4, -0.2) is 21.8 Å². The summed E-state index contributed by atoms with van der Waals surface area (Å²) in [4.78, 5) is 15.5. The van der Waals surface area contributed by atoms with Crippen LogP contribution in [0, 0.1) is 11.6 Å². The Labute approximate surface area is 159 Å². The minimum Gasteiger partial charge on any atom is -0.366 e. The summed E-state index contributed by atoms with van der Waals surface area (Å²) in [5, 5.41) is 3.80. The van der Waals surface area contributed by atoms with Crippen LogP contribution in [0.15, 0.2) is 42.5 Å². The average molecular weight is 388 g/mol. The number of hydrogen-bond acceptors (Lipinski definition) is 5. The Kier molecular flexibility index (Phi) is 5.18. The van der Waals surface area contributed by atoms with Crippen LogP contribution in [-0.2, 0) is 5.41 Å². The molecule has 3 rings (SSSR count). The number of halogens is 2. The second-order valence-electron chi connectivity index (χ2n) is 6.73. The van der Waals surface area contributed by atoms with Gasteiger partial charge in [-0.2, -0.15) is 9.36 Å². The van der Waals surface area contributed by atoms with E-state index in [9.17, 15) is 13.6 Å². The number of nitrogens with two attached hydrogens (primary N) is 1. The first-order chi connectivity index (χ1) is 12.8. The maximum absolute atomic E-state index is 13.9. The second-order valence-corrected chi connectivity index (χ2v) is 7.48. The number of anilines is 1. The molecule has 0 saturated heterocycles. The predicted octanol–water partition coefficient (Wildman–Crippen LogP) is 3.97. The molecule has 5 nitrogen and oxygen atoms in total. The summed E-state index contributed by atoms with van der Waals surface area (Å²) in [6.07, 6.45) is 0. The van der Waals surface area contributed by atoms with Crippen molar-refractivity contribution in [3.63, 3.8) is 0 Å². The van der Waals surface area contributed by atoms with Crippen LogP contribution in [0.3, 0.4) is 0 Å². The van der Waals surface area contributed by atoms with Crippen LogP contribution in [0.1, 0.15) is 29.8 Å². The lowest BCUT2D eigenvalue weighted by Gasteiger charge is -2.25. The van der Waals surface area contributed by atoms with Crippen molar-refractivity contribution in [2.45, 2.75) is 19.3 Å². The molecular weight excluding hydrogens is 370 g/mol. The van der Waals surface area contributed by atoms with Gasteiger partial charge in [0.25, 0.3) is 5.91 Å². The van der Waals surface area contributed by atoms with Gasteiger partial charge in [-0.25, -0.2) is 8.78 Å². The minimum atomic E-state index is -0.823. The van der Waals surface area contributed by atoms with Crippen molar-refractivity contribution in [2.75, 3.05) is 11.9 Å². The monoisotopic (exact) mass is 388 g/mol. The molecule has 27 heavy (non-hydrogen) atoms. The number of amides is 1. The molecular formula is C19H18F2N4OS. The van der Waals surface area contributed by atoms with Gasteiger partial charge < -0.3 is 11.1 Å². The van der Waals surface area contributed by atoms with Gasteiger partial charge in [0.15, 0.2) is 5.82 Å². The number of benzene rings is 2. The summed E-state index contributed by atoms with van der Waals surface area (Å²) in [5.41, 5.74) is 6.13. The molecule has 2 aromatic carbocycles. The van der Waals surface area contributed by atoms with Gasteiger partial charge in [0.05, 0.1) is 5.56 Å². The molecule has 3 aromatic rings. The lowest BCUT2D eigenvalue weighted by atomic mass is 9.85. The van der Waals surface area contributed by atoms with Crippen molar-refractivity contribution in [3.8, 4) is 11.4 Å². The van der Waals surface area contributed by atoms with Gasteiger partial charge in [0.2, 0.25) is 5.13 Å². The van der Waals surface area contributed by atoms with E-state index in [0.717, 1.165) is 17.1 Å². The molecule has 3 N–H and O–H groups in total. The zero-order valence-electron chi connectivity index (χ0n) is 14.8. The minimum absolute atomic E-state index is 0.173. The number of carbonyl (C=O) groups is 1. The number of rotatable bonds is 6. The topological polar surface area (TPSA) is 80.9 Å². The number of aromatic nitrogens is 2. The maximum Gasteiger partial charge on any atom is 0.251 e. The second kappa shape index (κ2) is 7.40. The van der Waals surface area contributed by atoms with Gasteiger partial charge >= 0.3 is 0 Å². The summed E-state index contributed by atoms with van der Waals surface area (Å²) in [7, 11) is 0. The van der Waals surface area contributed by atoms with E-state index in [0.29, 0.717) is 23.1 Å². The van der Waals surface area contributed by atoms with Gasteiger partial charge in [-0.1, -0.05) is 32.0 Å². The third-order valence-corrected chi connectivity index (χ3v) is 4.90. The van der Waals surface area contributed by atoms with Crippen LogP contribution in [0.2, 0.25) is 0 Å². The Morgan fingerprint density at radius 1 is 1.19 bits per heavy atom. The summed E-state index contributed by atoms with van der Waals surface area (Å²) in [6, 6.07) is 10.4. The molecule has 1 amide bonds. The van der Waals surface area contributed by atoms with Gasteiger partial charge in [-0.3, -0.25) is 4.79 Å². The largest absolute Gasteiger partial charge is 0.366 e. The first kappa shape index (κ1) is 18.9. The van der Waals surface area contributed by atoms with Gasteiger partial charge in [0.1, 0.15) is 11.6 Å². The molecule has 0 aliphatic carbocycles. The predicted molar refractivity (Wildman–Crippen MR) is 102 cm³/mol. The molecule has 0 aliphatic rings. The van der Waals surface area contributed by atoms with Gasteiger partial charge in [0, 0.05) is 29.1 Å². The quantitative estimate of drug-likeness (QED) is 0.669. The van der Waals surface area contributed by atoms with E-state index < -0.39 is 11.7 Å². The van der Waals surface area contributed by atoms with Crippen molar-refractivity contribution in [2.24, 2.45) is 5.73 Å². The summed E-state index contributed by atoms with van der Waals surface area (Å²) >= 11 is 1.15. The zero-order valence-corrected chi connectivity index (χ0v) is 15.6. The van der Waals surface area contributed by atoms with E-state index in [-0.39, 0.29) is 16.8 Å². The van der Waals surface area contributed by atoms with E-state index in [4.69, 9.17) is 5.73 Å². The fourth-order valence-electron chi connectivity index (χ4n) is 2.57. The summed E-state index contributed by atoms with van der Waals surface area (Å²) in [5.74, 6) is -1.44. The molecule has 1 aromatic heterocycles. The van der Waals surface area contributed by atoms with Gasteiger partial charge in [-0.15, -0.1) is 0 Å². The highest BCUT2D eigenvalue weighted by atomic mass is 32.1. The number of hydrogen-bond donors (Lipinski definition) is 2. The van der Waals surface area contributed by atoms with E-state index in [1.54, 1.807) is 18.2 Å². The Morgan fingerprint density at radius 3 is 2.52 bits per heavy atom. The van der Waals surface area contributed by atoms with Crippen molar-refractivity contribution < 1.29 is 13.6 Å². The maximum atomic E-state index is 13.9. The smallest absolute Gasteiger partial charge is 0.251 e. The molecule has 0 spiro atoms. The zero-order chi connectivity index (χ0) is 19.6. The highest BCUT2D eigenvalue weighted by Gasteiger charge is 2.21. The van der Waals surface area contributed by atoms with Crippen LogP contribution in [0.4, 0.5) is 13.9 Å². The molecule has 0 unspecified atom stereocenters. The number of nitrogens with one attached hydrogen (secondary N) is 1. The molecule has 0 bridgehead atoms. The fraction of sp³-hybridized carbons (Fsp3) is 0.211. The standard InChI is InChI=1S/C19H18F2N4OS/c1-19(2,12-4-6-13(20)7-5-12)10-23-18-24-17(25-27-18)11-3-8-14(16(22)26)15(21)9-11/h3-9H,10H2,1-2H3,(H2,22,26)(H,23,24,25). The number of carbonyl (C=O) groups excluding carboxylic acids is 1. The molecule has 1 heterocycles. The van der Waals surface area contributed by atoms with Crippen LogP contribution >= 0.6 is 11.5 Å². The van der Waals surface area contributed by atoms with E-state index in [1.807, 2.05) is 13.8 Å². The van der Waals surface area contributed by atoms with Crippen LogP contribution in [0.25, 0.3) is 11.4 Å². The molecule has 0 radical (unpaired) electrons. The van der Waals surface area contributed by atoms with E-state index in [2.05, 4.69) is 14.7 Å². The lowest BCUT2D eigenvalue weighted by Crippen LogP contribution is -2.27. The van der Waals surface area contributed by atoms with E-state index in [1.165, 1.54) is 24.3 Å². The van der Waals surface area contributed by atoms with Crippen molar-refractivity contribution in [3.05, 3.63) is 65.2 Å². The molecule has 140 valence electrons. The summed E-state index contributed by atoms with van der Waals surface area (Å²) < 4.78 is 31.2. The fourth-order valence-corrected chi connectivity index (χ4v) is 3.15. The number of nitrogens with zero attached hydrogens (tertiary/aromatic N) is 2. The Bertz CT molecular complexity index is 970. The molecule has 8 heteroatoms. The van der Waals surface area contributed by atoms with Crippen molar-refractivity contribution >= 4 is 22.6 Å². The molecule has 0 saturated carbocycles. The van der Waals surface area contributed by atoms with Crippen LogP contribution < -0.4 is 11.1 Å². The third-order valence-electron chi connectivity index (χ3n) is 4.23. The Morgan fingerprint density at radius 2 is 1.89 bits per heavy atom. The van der Waals surface area contributed by atoms with Gasteiger partial charge in [-0.05, 0) is 29.8 Å². The molecule has 0 atom stereocenters. The normalized spacial score (nSPS) is 11.4. The highest BCUT2D eigenvalue weighted by molar-refractivity contribution is 7.09. The first-order valence-corrected chi connectivity index (χ1v) is 8.97. The highest BCUT2D eigenvalue weighted by Crippen LogP contribution is 2.26. The average Bonchev–Trinajstić information content (AvgIpc) is 3.09. The van der Waals surface area contributed by atoms with Crippen molar-refractivity contribution in [1.82, 2.24) is 9.36 Å². The van der Waals surface area contributed by atoms with Crippen LogP contribution in [0.5, 0.6) is 0 Å². The SMILES string of the molecule is CC(C)(CNc1nc(-c2ccc(C(N)=O)c(F)c2)ns1)c1ccc(F)cc1. The Balaban J connectivity index is 1.72. The number of primary amides is 1. The molecule has 0 fully saturated rings. The lowest BCUT2D eigenvalue weighted by molar-refractivity contribution is 0.0996. The third kappa shape index (κ3) is 4.28. The summed E-state index contributed by atoms with van der Waals surface area (Å²) in [6.45, 7) is 4.63. The van der Waals surface area contributed by atoms with E-state index >= 15 is 0 Å². The first-order valence-electron chi connectivity index (χ1n) is 8.19.